The van der Waals surface area contributed by atoms with Crippen LogP contribution in [-0.2, 0) is 4.79 Å². The Kier molecular flexibility index (Phi) is 19.2. The van der Waals surface area contributed by atoms with Crippen LogP contribution in [-0.4, -0.2) is 53.7 Å². The third-order valence-electron chi connectivity index (χ3n) is 2.87. The fourth-order valence-electron chi connectivity index (χ4n) is 2.53. The van der Waals surface area contributed by atoms with Crippen molar-refractivity contribution >= 4 is 30.0 Å². The number of alkyl halides is 1. The van der Waals surface area contributed by atoms with Crippen molar-refractivity contribution < 1.29 is 19.5 Å². The monoisotopic (exact) mass is 331 g/mol. The van der Waals surface area contributed by atoms with Crippen LogP contribution in [0.15, 0.2) is 0 Å². The smallest absolute Gasteiger partial charge is 0.116 e. The van der Waals surface area contributed by atoms with Crippen LogP contribution in [0, 0.1) is 0 Å². The summed E-state index contributed by atoms with van der Waals surface area (Å²) in [4.78, 5) is 8.89. The van der Waals surface area contributed by atoms with E-state index < -0.39 is 5.97 Å². The van der Waals surface area contributed by atoms with E-state index in [1.54, 1.807) is 0 Å². The highest BCUT2D eigenvalue weighted by atomic mass is 35.5. The first-order chi connectivity index (χ1) is 8.87. The molecular weight excluding hydrogens is 301 g/mol. The maximum atomic E-state index is 9.73. The van der Waals surface area contributed by atoms with Crippen LogP contribution in [0.25, 0.3) is 0 Å². The minimum atomic E-state index is -1.08. The fourth-order valence-corrected chi connectivity index (χ4v) is 2.63. The van der Waals surface area contributed by atoms with Crippen molar-refractivity contribution in [1.82, 2.24) is 0 Å². The third kappa shape index (κ3) is 14.4. The molecule has 0 radical (unpaired) electrons. The Morgan fingerprint density at radius 1 is 1.15 bits per heavy atom. The molecule has 0 rings (SSSR count). The highest BCUT2D eigenvalue weighted by molar-refractivity contribution is 6.18. The molecule has 1 N–H and O–H groups in total. The fraction of sp³-hybridized carbons (Fsp3) is 0.929. The second kappa shape index (κ2) is 15.4. The third-order valence-corrected chi connectivity index (χ3v) is 3.23. The molecule has 0 spiro atoms. The average Bonchev–Trinajstić information content (AvgIpc) is 2.29. The van der Waals surface area contributed by atoms with Crippen molar-refractivity contribution in [2.75, 3.05) is 32.1 Å². The van der Waals surface area contributed by atoms with Crippen LogP contribution in [0.2, 0.25) is 0 Å². The molecule has 0 aromatic rings. The lowest BCUT2D eigenvalue weighted by atomic mass is 10.2. The molecule has 0 aromatic carbocycles. The maximum absolute atomic E-state index is 9.73. The first-order valence-corrected chi connectivity index (χ1v) is 7.67. The van der Waals surface area contributed by atoms with Crippen LogP contribution in [0.5, 0.6) is 0 Å². The molecule has 0 fully saturated rings. The molecule has 0 aliphatic carbocycles. The number of carboxylic acid groups (broad SMARTS) is 1. The summed E-state index contributed by atoms with van der Waals surface area (Å²) >= 11 is 5.70. The van der Waals surface area contributed by atoms with Gasteiger partial charge in [-0.3, -0.25) is 0 Å². The molecule has 0 aliphatic rings. The minimum absolute atomic E-state index is 0. The van der Waals surface area contributed by atoms with Crippen LogP contribution in [0.4, 0.5) is 0 Å². The molecule has 0 aliphatic heterocycles. The summed E-state index contributed by atoms with van der Waals surface area (Å²) in [6.07, 6.45) is 3.18. The van der Waals surface area contributed by atoms with E-state index in [0.29, 0.717) is 5.88 Å². The van der Waals surface area contributed by atoms with E-state index in [1.165, 1.54) is 19.3 Å². The number of carbonyl (C=O) groups excluding carboxylic acids is 1. The zero-order valence-electron chi connectivity index (χ0n) is 13.2. The first kappa shape index (κ1) is 25.0. The SMILES string of the molecule is CC(=O)[O-].CCC[N+](CCC)(CCC)CC(O)CCl.Cl. The van der Waals surface area contributed by atoms with Gasteiger partial charge in [-0.05, 0) is 26.2 Å². The Morgan fingerprint density at radius 3 is 1.65 bits per heavy atom. The van der Waals surface area contributed by atoms with Crippen molar-refractivity contribution in [3.05, 3.63) is 0 Å². The second-order valence-electron chi connectivity index (χ2n) is 4.99. The zero-order valence-corrected chi connectivity index (χ0v) is 14.8. The van der Waals surface area contributed by atoms with Crippen LogP contribution < -0.4 is 5.11 Å². The number of quaternary nitrogens is 1. The Hall–Kier alpha value is -0.0300. The van der Waals surface area contributed by atoms with Gasteiger partial charge < -0.3 is 19.5 Å². The largest absolute Gasteiger partial charge is 0.550 e. The molecule has 1 atom stereocenters. The Labute approximate surface area is 135 Å². The van der Waals surface area contributed by atoms with E-state index in [-0.39, 0.29) is 18.5 Å². The van der Waals surface area contributed by atoms with Crippen LogP contribution in [0.3, 0.4) is 0 Å². The number of carboxylic acids is 1. The minimum Gasteiger partial charge on any atom is -0.550 e. The van der Waals surface area contributed by atoms with E-state index in [4.69, 9.17) is 21.5 Å². The van der Waals surface area contributed by atoms with Gasteiger partial charge in [0.1, 0.15) is 12.6 Å². The maximum Gasteiger partial charge on any atom is 0.116 e. The number of aliphatic hydroxyl groups is 1. The molecule has 0 amide bonds. The number of carbonyl (C=O) groups is 1. The van der Waals surface area contributed by atoms with Gasteiger partial charge in [0.05, 0.1) is 25.5 Å². The molecule has 20 heavy (non-hydrogen) atoms. The van der Waals surface area contributed by atoms with E-state index >= 15 is 0 Å². The summed E-state index contributed by atoms with van der Waals surface area (Å²) in [5.41, 5.74) is 0. The molecule has 0 bridgehead atoms. The molecule has 4 nitrogen and oxygen atoms in total. The molecule has 6 heteroatoms. The van der Waals surface area contributed by atoms with Crippen molar-refractivity contribution in [2.24, 2.45) is 0 Å². The standard InChI is InChI=1S/C12H27ClNO.C2H4O2.ClH/c1-4-7-14(8-5-2,9-6-3)11-12(15)10-13;1-2(3)4;/h12,15H,4-11H2,1-3H3;1H3,(H,3,4);1H/q+1;;/p-1. The van der Waals surface area contributed by atoms with E-state index in [9.17, 15) is 5.11 Å². The predicted octanol–water partition coefficient (Wildman–Crippen LogP) is 1.81. The zero-order chi connectivity index (χ0) is 15.3. The number of aliphatic carboxylic acids is 1. The van der Waals surface area contributed by atoms with Crippen molar-refractivity contribution in [1.29, 1.82) is 0 Å². The number of rotatable bonds is 9. The van der Waals surface area contributed by atoms with Gasteiger partial charge >= 0.3 is 0 Å². The average molecular weight is 332 g/mol. The molecule has 124 valence electrons. The van der Waals surface area contributed by atoms with Gasteiger partial charge in [-0.1, -0.05) is 20.8 Å². The van der Waals surface area contributed by atoms with Gasteiger partial charge in [-0.25, -0.2) is 0 Å². The lowest BCUT2D eigenvalue weighted by molar-refractivity contribution is -0.930. The molecule has 1 unspecified atom stereocenters. The molecule has 0 heterocycles. The molecule has 0 saturated heterocycles. The summed E-state index contributed by atoms with van der Waals surface area (Å²) in [5, 5.41) is 18.6. The number of aliphatic hydroxyl groups excluding tert-OH is 1. The van der Waals surface area contributed by atoms with E-state index in [1.807, 2.05) is 0 Å². The van der Waals surface area contributed by atoms with Gasteiger partial charge in [-0.15, -0.1) is 24.0 Å². The van der Waals surface area contributed by atoms with Gasteiger partial charge in [-0.2, -0.15) is 0 Å². The second-order valence-corrected chi connectivity index (χ2v) is 5.30. The first-order valence-electron chi connectivity index (χ1n) is 7.14. The quantitative estimate of drug-likeness (QED) is 0.517. The topological polar surface area (TPSA) is 60.4 Å². The number of hydrogen-bond donors (Lipinski definition) is 1. The highest BCUT2D eigenvalue weighted by Gasteiger charge is 2.27. The van der Waals surface area contributed by atoms with Crippen LogP contribution in [0.1, 0.15) is 47.0 Å². The Bertz CT molecular complexity index is 207. The van der Waals surface area contributed by atoms with E-state index in [2.05, 4.69) is 20.8 Å². The summed E-state index contributed by atoms with van der Waals surface area (Å²) in [6, 6.07) is 0. The number of hydrogen-bond acceptors (Lipinski definition) is 3. The lowest BCUT2D eigenvalue weighted by Crippen LogP contribution is -2.54. The van der Waals surface area contributed by atoms with Gasteiger partial charge in [0.2, 0.25) is 0 Å². The number of halogens is 2. The van der Waals surface area contributed by atoms with Crippen molar-refractivity contribution in [3.8, 4) is 0 Å². The summed E-state index contributed by atoms with van der Waals surface area (Å²) in [6.45, 7) is 11.9. The van der Waals surface area contributed by atoms with Gasteiger partial charge in [0.25, 0.3) is 0 Å². The molecule has 0 aromatic heterocycles. The predicted molar refractivity (Wildman–Crippen MR) is 85.3 cm³/mol. The summed E-state index contributed by atoms with van der Waals surface area (Å²) in [7, 11) is 0. The highest BCUT2D eigenvalue weighted by Crippen LogP contribution is 2.13. The Balaban J connectivity index is -0.000000508. The normalized spacial score (nSPS) is 11.9. The molecule has 0 saturated carbocycles. The van der Waals surface area contributed by atoms with Crippen molar-refractivity contribution in [3.63, 3.8) is 0 Å². The van der Waals surface area contributed by atoms with Crippen molar-refractivity contribution in [2.45, 2.75) is 53.1 Å². The summed E-state index contributed by atoms with van der Waals surface area (Å²) in [5.74, 6) is -0.725. The molecular formula is C14H31Cl2NO3. The number of nitrogens with zero attached hydrogens (tertiary/aromatic N) is 1. The lowest BCUT2D eigenvalue weighted by Gasteiger charge is -2.39. The van der Waals surface area contributed by atoms with Crippen LogP contribution >= 0.6 is 24.0 Å². The summed E-state index contributed by atoms with van der Waals surface area (Å²) < 4.78 is 1.04. The van der Waals surface area contributed by atoms with E-state index in [0.717, 1.165) is 37.6 Å². The van der Waals surface area contributed by atoms with Gasteiger partial charge in [0.15, 0.2) is 0 Å². The van der Waals surface area contributed by atoms with Gasteiger partial charge in [0, 0.05) is 5.97 Å². The Morgan fingerprint density at radius 2 is 1.45 bits per heavy atom.